The first-order valence-electron chi connectivity index (χ1n) is 9.84. The Morgan fingerprint density at radius 1 is 1.13 bits per heavy atom. The molecule has 1 aliphatic rings. The summed E-state index contributed by atoms with van der Waals surface area (Å²) in [5, 5.41) is 5.19. The zero-order valence-corrected chi connectivity index (χ0v) is 19.7. The molecule has 0 saturated carbocycles. The molecule has 2 aromatic rings. The van der Waals surface area contributed by atoms with Crippen molar-refractivity contribution in [3.8, 4) is 0 Å². The van der Waals surface area contributed by atoms with Crippen molar-refractivity contribution >= 4 is 41.5 Å². The molecule has 0 aliphatic carbocycles. The molecule has 9 heteroatoms. The van der Waals surface area contributed by atoms with Gasteiger partial charge >= 0.3 is 0 Å². The number of piperidine rings is 1. The molecule has 0 radical (unpaired) electrons. The first-order valence-corrected chi connectivity index (χ1v) is 9.84. The van der Waals surface area contributed by atoms with E-state index in [-0.39, 0.29) is 30.5 Å². The van der Waals surface area contributed by atoms with Crippen LogP contribution in [0.1, 0.15) is 24.8 Å². The van der Waals surface area contributed by atoms with E-state index in [9.17, 15) is 18.0 Å². The van der Waals surface area contributed by atoms with Crippen LogP contribution in [0.5, 0.6) is 0 Å². The molecule has 0 spiro atoms. The van der Waals surface area contributed by atoms with Crippen molar-refractivity contribution < 1.29 is 18.0 Å². The number of nitrogens with one attached hydrogen (secondary N) is 2. The fraction of sp³-hybridized carbons (Fsp3) is 0.364. The zero-order chi connectivity index (χ0) is 21.7. The highest BCUT2D eigenvalue weighted by atomic mass is 127. The van der Waals surface area contributed by atoms with Gasteiger partial charge in [0.1, 0.15) is 0 Å². The number of carbonyl (C=O) groups is 1. The van der Waals surface area contributed by atoms with E-state index >= 15 is 0 Å². The summed E-state index contributed by atoms with van der Waals surface area (Å²) in [6.45, 7) is 3.56. The molecule has 2 atom stereocenters. The van der Waals surface area contributed by atoms with Gasteiger partial charge < -0.3 is 15.5 Å². The lowest BCUT2D eigenvalue weighted by Crippen LogP contribution is -2.49. The number of benzene rings is 2. The van der Waals surface area contributed by atoms with Gasteiger partial charge in [0.25, 0.3) is 0 Å². The average molecular weight is 546 g/mol. The van der Waals surface area contributed by atoms with E-state index in [1.807, 2.05) is 18.2 Å². The number of carbonyl (C=O) groups excluding carboxylic acids is 1. The summed E-state index contributed by atoms with van der Waals surface area (Å²) < 4.78 is 40.0. The zero-order valence-electron chi connectivity index (χ0n) is 17.4. The lowest BCUT2D eigenvalue weighted by atomic mass is 9.82. The number of amides is 1. The summed E-state index contributed by atoms with van der Waals surface area (Å²) in [6, 6.07) is 12.1. The summed E-state index contributed by atoms with van der Waals surface area (Å²) in [5.74, 6) is -3.53. The van der Waals surface area contributed by atoms with Gasteiger partial charge in [-0.3, -0.25) is 9.79 Å². The SMILES string of the molecule is CN=C(NCC(=O)Nc1ccc(F)c(F)c1F)N1CCC(c2ccccc2)C(C)C1.I. The third-order valence-electron chi connectivity index (χ3n) is 5.36. The summed E-state index contributed by atoms with van der Waals surface area (Å²) >= 11 is 0. The van der Waals surface area contributed by atoms with Gasteiger partial charge in [-0.25, -0.2) is 13.2 Å². The van der Waals surface area contributed by atoms with Gasteiger partial charge in [-0.15, -0.1) is 24.0 Å². The molecule has 2 N–H and O–H groups in total. The highest BCUT2D eigenvalue weighted by molar-refractivity contribution is 14.0. The largest absolute Gasteiger partial charge is 0.347 e. The van der Waals surface area contributed by atoms with Crippen LogP contribution in [0.3, 0.4) is 0 Å². The third kappa shape index (κ3) is 6.11. The van der Waals surface area contributed by atoms with Gasteiger partial charge in [0.05, 0.1) is 12.2 Å². The predicted octanol–water partition coefficient (Wildman–Crippen LogP) is 4.36. The van der Waals surface area contributed by atoms with Crippen molar-refractivity contribution in [1.29, 1.82) is 0 Å². The Hall–Kier alpha value is -2.30. The minimum atomic E-state index is -1.62. The van der Waals surface area contributed by atoms with E-state index in [1.165, 1.54) is 5.56 Å². The predicted molar refractivity (Wildman–Crippen MR) is 126 cm³/mol. The van der Waals surface area contributed by atoms with Gasteiger partial charge in [0.15, 0.2) is 23.4 Å². The third-order valence-corrected chi connectivity index (χ3v) is 5.36. The Morgan fingerprint density at radius 2 is 1.84 bits per heavy atom. The van der Waals surface area contributed by atoms with Crippen LogP contribution in [0, 0.1) is 23.4 Å². The molecule has 1 fully saturated rings. The first kappa shape index (κ1) is 25.0. The monoisotopic (exact) mass is 546 g/mol. The number of anilines is 1. The second-order valence-corrected chi connectivity index (χ2v) is 7.40. The molecular weight excluding hydrogens is 520 g/mol. The van der Waals surface area contributed by atoms with Crippen LogP contribution < -0.4 is 10.6 Å². The van der Waals surface area contributed by atoms with Crippen molar-refractivity contribution in [2.24, 2.45) is 10.9 Å². The van der Waals surface area contributed by atoms with Gasteiger partial charge in [-0.2, -0.15) is 0 Å². The standard InChI is InChI=1S/C22H25F3N4O.HI/c1-14-13-29(11-10-16(14)15-6-4-3-5-7-15)22(26-2)27-12-19(30)28-18-9-8-17(23)20(24)21(18)25;/h3-9,14,16H,10-13H2,1-2H3,(H,26,27)(H,28,30);1H. The smallest absolute Gasteiger partial charge is 0.243 e. The number of rotatable bonds is 4. The summed E-state index contributed by atoms with van der Waals surface area (Å²) in [7, 11) is 1.63. The fourth-order valence-electron chi connectivity index (χ4n) is 3.84. The number of nitrogens with zero attached hydrogens (tertiary/aromatic N) is 2. The van der Waals surface area contributed by atoms with E-state index in [2.05, 4.69) is 39.6 Å². The number of hydrogen-bond acceptors (Lipinski definition) is 2. The molecule has 2 aromatic carbocycles. The van der Waals surface area contributed by atoms with Gasteiger partial charge in [0, 0.05) is 20.1 Å². The van der Waals surface area contributed by atoms with E-state index in [0.717, 1.165) is 31.6 Å². The molecule has 3 rings (SSSR count). The van der Waals surface area contributed by atoms with Crippen LogP contribution in [0.25, 0.3) is 0 Å². The highest BCUT2D eigenvalue weighted by Gasteiger charge is 2.28. The Morgan fingerprint density at radius 3 is 2.48 bits per heavy atom. The van der Waals surface area contributed by atoms with E-state index in [0.29, 0.717) is 17.8 Å². The molecule has 1 aliphatic heterocycles. The Balaban J connectivity index is 0.00000341. The molecule has 168 valence electrons. The lowest BCUT2D eigenvalue weighted by molar-refractivity contribution is -0.115. The minimum absolute atomic E-state index is 0. The van der Waals surface area contributed by atoms with E-state index < -0.39 is 29.0 Å². The van der Waals surface area contributed by atoms with E-state index in [4.69, 9.17) is 0 Å². The minimum Gasteiger partial charge on any atom is -0.347 e. The van der Waals surface area contributed by atoms with Gasteiger partial charge in [-0.1, -0.05) is 37.3 Å². The molecule has 5 nitrogen and oxygen atoms in total. The maximum Gasteiger partial charge on any atom is 0.243 e. The second-order valence-electron chi connectivity index (χ2n) is 7.40. The highest BCUT2D eigenvalue weighted by Crippen LogP contribution is 2.32. The molecule has 1 heterocycles. The van der Waals surface area contributed by atoms with Gasteiger partial charge in [0.2, 0.25) is 5.91 Å². The molecule has 0 aromatic heterocycles. The molecule has 31 heavy (non-hydrogen) atoms. The molecular formula is C22H26F3IN4O. The summed E-state index contributed by atoms with van der Waals surface area (Å²) in [5.41, 5.74) is 0.911. The van der Waals surface area contributed by atoms with E-state index in [1.54, 1.807) is 7.05 Å². The molecule has 1 amide bonds. The Kier molecular flexibility index (Phi) is 9.15. The van der Waals surface area contributed by atoms with Crippen LogP contribution in [-0.4, -0.2) is 43.4 Å². The number of halogens is 4. The lowest BCUT2D eigenvalue weighted by Gasteiger charge is -2.38. The van der Waals surface area contributed by atoms with Crippen molar-refractivity contribution in [3.63, 3.8) is 0 Å². The molecule has 2 unspecified atom stereocenters. The summed E-state index contributed by atoms with van der Waals surface area (Å²) in [6.07, 6.45) is 0.956. The van der Waals surface area contributed by atoms with Crippen LogP contribution >= 0.6 is 24.0 Å². The van der Waals surface area contributed by atoms with Crippen LogP contribution in [0.15, 0.2) is 47.5 Å². The normalized spacial score (nSPS) is 18.9. The topological polar surface area (TPSA) is 56.7 Å². The maximum atomic E-state index is 13.7. The van der Waals surface area contributed by atoms with Crippen LogP contribution in [-0.2, 0) is 4.79 Å². The van der Waals surface area contributed by atoms with Crippen LogP contribution in [0.2, 0.25) is 0 Å². The van der Waals surface area contributed by atoms with Crippen molar-refractivity contribution in [2.45, 2.75) is 19.3 Å². The molecule has 0 bridgehead atoms. The van der Waals surface area contributed by atoms with Crippen molar-refractivity contribution in [1.82, 2.24) is 10.2 Å². The first-order chi connectivity index (χ1) is 14.4. The van der Waals surface area contributed by atoms with Crippen LogP contribution in [0.4, 0.5) is 18.9 Å². The maximum absolute atomic E-state index is 13.7. The second kappa shape index (κ2) is 11.4. The quantitative estimate of drug-likeness (QED) is 0.260. The number of hydrogen-bond donors (Lipinski definition) is 2. The van der Waals surface area contributed by atoms with Crippen molar-refractivity contribution in [2.75, 3.05) is 32.0 Å². The number of guanidine groups is 1. The fourth-order valence-corrected chi connectivity index (χ4v) is 3.84. The van der Waals surface area contributed by atoms with Gasteiger partial charge in [-0.05, 0) is 36.0 Å². The van der Waals surface area contributed by atoms with Crippen molar-refractivity contribution in [3.05, 3.63) is 65.5 Å². The average Bonchev–Trinajstić information content (AvgIpc) is 2.75. The molecule has 1 saturated heterocycles. The summed E-state index contributed by atoms with van der Waals surface area (Å²) in [4.78, 5) is 18.4. The Bertz CT molecular complexity index is 926. The number of likely N-dealkylation sites (tertiary alicyclic amines) is 1. The Labute approximate surface area is 197 Å². The number of aliphatic imine (C=N–C) groups is 1.